The Balaban J connectivity index is 1.55. The van der Waals surface area contributed by atoms with E-state index in [1.54, 1.807) is 0 Å². The highest BCUT2D eigenvalue weighted by Gasteiger charge is 2.24. The zero-order valence-electron chi connectivity index (χ0n) is 16.4. The van der Waals surface area contributed by atoms with Crippen LogP contribution in [-0.2, 0) is 6.42 Å². The van der Waals surface area contributed by atoms with Gasteiger partial charge in [0, 0.05) is 36.6 Å². The number of aromatic nitrogens is 2. The van der Waals surface area contributed by atoms with Crippen molar-refractivity contribution in [3.8, 4) is 0 Å². The van der Waals surface area contributed by atoms with Crippen molar-refractivity contribution in [2.24, 2.45) is 0 Å². The number of rotatable bonds is 6. The summed E-state index contributed by atoms with van der Waals surface area (Å²) in [6.45, 7) is 3.79. The number of anilines is 1. The zero-order valence-corrected chi connectivity index (χ0v) is 17.2. The Labute approximate surface area is 174 Å². The first-order valence-corrected chi connectivity index (χ1v) is 10.9. The predicted octanol–water partition coefficient (Wildman–Crippen LogP) is 3.65. The van der Waals surface area contributed by atoms with Crippen LogP contribution in [0.15, 0.2) is 59.0 Å². The predicted molar refractivity (Wildman–Crippen MR) is 115 cm³/mol. The lowest BCUT2D eigenvalue weighted by Crippen LogP contribution is -2.32. The Kier molecular flexibility index (Phi) is 6.14. The van der Waals surface area contributed by atoms with Crippen LogP contribution in [0, 0.1) is 6.92 Å². The van der Waals surface area contributed by atoms with E-state index in [-0.39, 0.29) is 5.91 Å². The normalized spacial score (nSPS) is 15.1. The van der Waals surface area contributed by atoms with Crippen LogP contribution in [0.2, 0.25) is 0 Å². The van der Waals surface area contributed by atoms with Crippen LogP contribution in [0.25, 0.3) is 0 Å². The third-order valence-corrected chi connectivity index (χ3v) is 5.85. The third-order valence-electron chi connectivity index (χ3n) is 4.91. The van der Waals surface area contributed by atoms with E-state index >= 15 is 0 Å². The first kappa shape index (κ1) is 19.5. The van der Waals surface area contributed by atoms with Crippen LogP contribution in [-0.4, -0.2) is 40.7 Å². The van der Waals surface area contributed by atoms with Crippen molar-refractivity contribution >= 4 is 23.7 Å². The van der Waals surface area contributed by atoms with E-state index in [2.05, 4.69) is 20.4 Å². The van der Waals surface area contributed by atoms with Gasteiger partial charge in [-0.1, -0.05) is 53.1 Å². The lowest BCUT2D eigenvalue weighted by Gasteiger charge is -2.24. The molecule has 0 aliphatic carbocycles. The second-order valence-electron chi connectivity index (χ2n) is 7.10. The number of nitrogens with one attached hydrogen (secondary N) is 1. The lowest BCUT2D eigenvalue weighted by atomic mass is 10.0. The number of nitrogens with zero attached hydrogens (tertiary/aromatic N) is 3. The summed E-state index contributed by atoms with van der Waals surface area (Å²) >= 11 is 1.93. The van der Waals surface area contributed by atoms with Crippen molar-refractivity contribution in [1.82, 2.24) is 15.5 Å². The van der Waals surface area contributed by atoms with E-state index in [0.29, 0.717) is 23.9 Å². The van der Waals surface area contributed by atoms with E-state index in [0.717, 1.165) is 35.7 Å². The molecular formula is C22H24N4O2S. The second kappa shape index (κ2) is 9.13. The van der Waals surface area contributed by atoms with Crippen molar-refractivity contribution in [2.45, 2.75) is 19.4 Å². The Morgan fingerprint density at radius 1 is 1.10 bits per heavy atom. The van der Waals surface area contributed by atoms with E-state index in [9.17, 15) is 4.79 Å². The summed E-state index contributed by atoms with van der Waals surface area (Å²) in [5.41, 5.74) is 2.82. The summed E-state index contributed by atoms with van der Waals surface area (Å²) in [6.07, 6.45) is 0.579. The molecule has 0 spiro atoms. The maximum atomic E-state index is 12.8. The fraction of sp³-hybridized carbons (Fsp3) is 0.318. The summed E-state index contributed by atoms with van der Waals surface area (Å²) in [5.74, 6) is 2.38. The van der Waals surface area contributed by atoms with Crippen molar-refractivity contribution < 1.29 is 9.21 Å². The molecule has 0 bridgehead atoms. The molecule has 6 nitrogen and oxygen atoms in total. The molecular weight excluding hydrogens is 384 g/mol. The van der Waals surface area contributed by atoms with Gasteiger partial charge in [0.25, 0.3) is 5.91 Å². The van der Waals surface area contributed by atoms with Crippen LogP contribution in [0.4, 0.5) is 6.01 Å². The van der Waals surface area contributed by atoms with Gasteiger partial charge in [0.2, 0.25) is 5.89 Å². The highest BCUT2D eigenvalue weighted by atomic mass is 32.2. The van der Waals surface area contributed by atoms with Gasteiger partial charge in [-0.05, 0) is 24.6 Å². The Morgan fingerprint density at radius 2 is 1.83 bits per heavy atom. The van der Waals surface area contributed by atoms with Crippen LogP contribution in [0.1, 0.15) is 33.4 Å². The Morgan fingerprint density at radius 3 is 2.55 bits per heavy atom. The first-order chi connectivity index (χ1) is 14.2. The van der Waals surface area contributed by atoms with Crippen molar-refractivity contribution in [1.29, 1.82) is 0 Å². The number of aryl methyl sites for hydroxylation is 1. The number of carbonyl (C=O) groups is 1. The molecule has 1 atom stereocenters. The molecule has 7 heteroatoms. The molecule has 0 saturated carbocycles. The van der Waals surface area contributed by atoms with Crippen LogP contribution in [0.5, 0.6) is 0 Å². The van der Waals surface area contributed by atoms with Gasteiger partial charge >= 0.3 is 6.01 Å². The van der Waals surface area contributed by atoms with Crippen LogP contribution < -0.4 is 10.2 Å². The van der Waals surface area contributed by atoms with Crippen LogP contribution >= 0.6 is 11.8 Å². The number of carbonyl (C=O) groups excluding carboxylic acids is 1. The quantitative estimate of drug-likeness (QED) is 0.671. The van der Waals surface area contributed by atoms with Gasteiger partial charge in [0.05, 0.1) is 0 Å². The minimum atomic E-state index is -0.397. The molecule has 1 fully saturated rings. The standard InChI is InChI=1S/C22H24N4O2S/c1-16-7-9-18(10-8-16)20(27)23-19(15-17-5-3-2-4-6-17)21-24-25-22(28-21)26-11-13-29-14-12-26/h2-10,19H,11-15H2,1H3,(H,23,27). The fourth-order valence-corrected chi connectivity index (χ4v) is 4.15. The molecule has 150 valence electrons. The molecule has 1 aromatic heterocycles. The average Bonchev–Trinajstić information content (AvgIpc) is 3.25. The molecule has 1 aliphatic rings. The summed E-state index contributed by atoms with van der Waals surface area (Å²) in [7, 11) is 0. The molecule has 1 aliphatic heterocycles. The molecule has 29 heavy (non-hydrogen) atoms. The van der Waals surface area contributed by atoms with E-state index in [1.165, 1.54) is 0 Å². The minimum Gasteiger partial charge on any atom is -0.406 e. The van der Waals surface area contributed by atoms with Gasteiger partial charge in [-0.25, -0.2) is 0 Å². The smallest absolute Gasteiger partial charge is 0.318 e. The maximum Gasteiger partial charge on any atom is 0.318 e. The molecule has 2 heterocycles. The van der Waals surface area contributed by atoms with Crippen molar-refractivity contribution in [2.75, 3.05) is 29.5 Å². The monoisotopic (exact) mass is 408 g/mol. The summed E-state index contributed by atoms with van der Waals surface area (Å²) in [6, 6.07) is 17.7. The first-order valence-electron chi connectivity index (χ1n) is 9.76. The fourth-order valence-electron chi connectivity index (χ4n) is 3.25. The molecule has 2 aromatic carbocycles. The Bertz CT molecular complexity index is 937. The van der Waals surface area contributed by atoms with E-state index in [4.69, 9.17) is 4.42 Å². The van der Waals surface area contributed by atoms with Gasteiger partial charge in [-0.2, -0.15) is 11.8 Å². The minimum absolute atomic E-state index is 0.153. The largest absolute Gasteiger partial charge is 0.406 e. The highest BCUT2D eigenvalue weighted by Crippen LogP contribution is 2.23. The summed E-state index contributed by atoms with van der Waals surface area (Å²) in [4.78, 5) is 14.9. The molecule has 1 unspecified atom stereocenters. The number of hydrogen-bond donors (Lipinski definition) is 1. The summed E-state index contributed by atoms with van der Waals surface area (Å²) in [5, 5.41) is 11.6. The lowest BCUT2D eigenvalue weighted by molar-refractivity contribution is 0.0930. The van der Waals surface area contributed by atoms with Gasteiger partial charge in [0.1, 0.15) is 6.04 Å². The SMILES string of the molecule is Cc1ccc(C(=O)NC(Cc2ccccc2)c2nnc(N3CCSCC3)o2)cc1. The summed E-state index contributed by atoms with van der Waals surface area (Å²) < 4.78 is 5.99. The maximum absolute atomic E-state index is 12.8. The third kappa shape index (κ3) is 4.98. The number of thioether (sulfide) groups is 1. The van der Waals surface area contributed by atoms with E-state index in [1.807, 2.05) is 73.3 Å². The molecule has 1 saturated heterocycles. The number of benzene rings is 2. The van der Waals surface area contributed by atoms with Gasteiger partial charge < -0.3 is 14.6 Å². The number of amides is 1. The molecule has 4 rings (SSSR count). The van der Waals surface area contributed by atoms with E-state index < -0.39 is 6.04 Å². The number of hydrogen-bond acceptors (Lipinski definition) is 6. The van der Waals surface area contributed by atoms with Gasteiger partial charge in [-0.3, -0.25) is 4.79 Å². The van der Waals surface area contributed by atoms with Crippen molar-refractivity contribution in [3.63, 3.8) is 0 Å². The molecule has 1 N–H and O–H groups in total. The average molecular weight is 409 g/mol. The zero-order chi connectivity index (χ0) is 20.1. The molecule has 3 aromatic rings. The van der Waals surface area contributed by atoms with Crippen LogP contribution in [0.3, 0.4) is 0 Å². The second-order valence-corrected chi connectivity index (χ2v) is 8.33. The van der Waals surface area contributed by atoms with Crippen molar-refractivity contribution in [3.05, 3.63) is 77.2 Å². The van der Waals surface area contributed by atoms with Gasteiger partial charge in [-0.15, -0.1) is 5.10 Å². The molecule has 0 radical (unpaired) electrons. The molecule has 1 amide bonds. The highest BCUT2D eigenvalue weighted by molar-refractivity contribution is 7.99. The van der Waals surface area contributed by atoms with Gasteiger partial charge in [0.15, 0.2) is 0 Å². The Hall–Kier alpha value is -2.80. The topological polar surface area (TPSA) is 71.3 Å².